The van der Waals surface area contributed by atoms with Gasteiger partial charge in [-0.25, -0.2) is 0 Å². The molecule has 3 amide bonds. The van der Waals surface area contributed by atoms with E-state index >= 15 is 0 Å². The van der Waals surface area contributed by atoms with E-state index in [0.29, 0.717) is 18.7 Å². The number of amides is 3. The Morgan fingerprint density at radius 3 is 2.38 bits per heavy atom. The van der Waals surface area contributed by atoms with Crippen LogP contribution in [0.2, 0.25) is 0 Å². The van der Waals surface area contributed by atoms with Gasteiger partial charge in [0.2, 0.25) is 11.8 Å². The summed E-state index contributed by atoms with van der Waals surface area (Å²) in [6.45, 7) is 4.38. The highest BCUT2D eigenvalue weighted by Crippen LogP contribution is 2.19. The Labute approximate surface area is 170 Å². The molecular formula is C23H26N3O3+. The number of hydrogen-bond acceptors (Lipinski definition) is 3. The normalized spacial score (nSPS) is 17.4. The van der Waals surface area contributed by atoms with Gasteiger partial charge in [0.25, 0.3) is 5.91 Å². The summed E-state index contributed by atoms with van der Waals surface area (Å²) < 4.78 is 0. The van der Waals surface area contributed by atoms with E-state index in [-0.39, 0.29) is 37.1 Å². The number of benzene rings is 2. The minimum Gasteiger partial charge on any atom is -0.331 e. The average molecular weight is 392 g/mol. The molecule has 0 unspecified atom stereocenters. The minimum absolute atomic E-state index is 0.0169. The van der Waals surface area contributed by atoms with Gasteiger partial charge >= 0.3 is 0 Å². The Balaban J connectivity index is 1.27. The largest absolute Gasteiger partial charge is 0.331 e. The van der Waals surface area contributed by atoms with Crippen molar-refractivity contribution < 1.29 is 19.3 Å². The summed E-state index contributed by atoms with van der Waals surface area (Å²) in [6.07, 6.45) is 0.408. The summed E-state index contributed by atoms with van der Waals surface area (Å²) >= 11 is 0. The van der Waals surface area contributed by atoms with Gasteiger partial charge in [0, 0.05) is 24.1 Å². The highest BCUT2D eigenvalue weighted by Gasteiger charge is 2.31. The second-order valence-electron chi connectivity index (χ2n) is 7.73. The molecule has 2 aromatic rings. The van der Waals surface area contributed by atoms with Gasteiger partial charge in [0.15, 0.2) is 0 Å². The zero-order valence-corrected chi connectivity index (χ0v) is 16.5. The van der Waals surface area contributed by atoms with E-state index in [0.717, 1.165) is 25.2 Å². The number of carbonyl (C=O) groups excluding carboxylic acids is 3. The Kier molecular flexibility index (Phi) is 5.71. The molecule has 2 heterocycles. The third-order valence-corrected chi connectivity index (χ3v) is 5.81. The van der Waals surface area contributed by atoms with Crippen molar-refractivity contribution >= 4 is 17.7 Å². The van der Waals surface area contributed by atoms with Gasteiger partial charge in [-0.05, 0) is 11.6 Å². The molecule has 0 atom stereocenters. The molecule has 2 aliphatic heterocycles. The first-order valence-corrected chi connectivity index (χ1v) is 10.2. The predicted octanol–water partition coefficient (Wildman–Crippen LogP) is 0.529. The fraction of sp³-hybridized carbons (Fsp3) is 0.348. The first-order valence-electron chi connectivity index (χ1n) is 10.2. The molecule has 1 N–H and O–H groups in total. The number of hydrogen-bond donors (Lipinski definition) is 1. The molecular weight excluding hydrogens is 366 g/mol. The zero-order valence-electron chi connectivity index (χ0n) is 16.5. The van der Waals surface area contributed by atoms with Gasteiger partial charge in [-0.2, -0.15) is 0 Å². The third-order valence-electron chi connectivity index (χ3n) is 5.81. The molecule has 1 saturated heterocycles. The van der Waals surface area contributed by atoms with Crippen molar-refractivity contribution in [2.75, 3.05) is 32.7 Å². The molecule has 0 radical (unpaired) electrons. The van der Waals surface area contributed by atoms with Crippen LogP contribution in [0, 0.1) is 0 Å². The lowest BCUT2D eigenvalue weighted by atomic mass is 9.98. The Morgan fingerprint density at radius 2 is 1.62 bits per heavy atom. The van der Waals surface area contributed by atoms with Crippen molar-refractivity contribution in [3.63, 3.8) is 0 Å². The first kappa shape index (κ1) is 19.3. The van der Waals surface area contributed by atoms with Crippen molar-refractivity contribution in [3.8, 4) is 0 Å². The lowest BCUT2D eigenvalue weighted by molar-refractivity contribution is -0.917. The lowest BCUT2D eigenvalue weighted by Crippen LogP contribution is -3.13. The van der Waals surface area contributed by atoms with E-state index in [1.807, 2.05) is 23.1 Å². The maximum absolute atomic E-state index is 12.6. The zero-order chi connectivity index (χ0) is 20.2. The van der Waals surface area contributed by atoms with Crippen LogP contribution in [0.4, 0.5) is 0 Å². The van der Waals surface area contributed by atoms with Crippen LogP contribution in [0.1, 0.15) is 27.9 Å². The molecule has 1 fully saturated rings. The molecule has 150 valence electrons. The van der Waals surface area contributed by atoms with Crippen LogP contribution in [-0.4, -0.2) is 60.2 Å². The van der Waals surface area contributed by atoms with Crippen LogP contribution in [0.15, 0.2) is 54.6 Å². The number of carbonyl (C=O) groups is 3. The summed E-state index contributed by atoms with van der Waals surface area (Å²) in [5.74, 6) is -0.497. The van der Waals surface area contributed by atoms with Gasteiger partial charge in [-0.1, -0.05) is 48.5 Å². The second-order valence-corrected chi connectivity index (χ2v) is 7.73. The standard InChI is InChI=1S/C23H25N3O3/c27-21(25-14-12-24(13-15-25)17-18-6-2-1-3-7-18)10-11-26-22(28)16-19-8-4-5-9-20(19)23(26)29/h1-9H,10-17H2/p+1. The summed E-state index contributed by atoms with van der Waals surface area (Å²) in [4.78, 5) is 42.2. The number of rotatable bonds is 5. The molecule has 6 nitrogen and oxygen atoms in total. The van der Waals surface area contributed by atoms with Crippen LogP contribution in [0.5, 0.6) is 0 Å². The summed E-state index contributed by atoms with van der Waals surface area (Å²) in [7, 11) is 0. The maximum Gasteiger partial charge on any atom is 0.260 e. The number of piperazine rings is 1. The molecule has 0 spiro atoms. The van der Waals surface area contributed by atoms with E-state index in [1.54, 1.807) is 12.1 Å². The fourth-order valence-electron chi connectivity index (χ4n) is 4.13. The van der Waals surface area contributed by atoms with Crippen molar-refractivity contribution in [1.29, 1.82) is 0 Å². The quantitative estimate of drug-likeness (QED) is 0.755. The van der Waals surface area contributed by atoms with E-state index < -0.39 is 0 Å². The van der Waals surface area contributed by atoms with Crippen LogP contribution < -0.4 is 4.90 Å². The molecule has 6 heteroatoms. The molecule has 2 aliphatic rings. The minimum atomic E-state index is -0.290. The molecule has 0 aromatic heterocycles. The van der Waals surface area contributed by atoms with E-state index in [4.69, 9.17) is 0 Å². The van der Waals surface area contributed by atoms with E-state index in [2.05, 4.69) is 24.3 Å². The SMILES string of the molecule is O=C(CCN1C(=O)Cc2ccccc2C1=O)N1CC[NH+](Cc2ccccc2)CC1. The van der Waals surface area contributed by atoms with Gasteiger partial charge < -0.3 is 9.80 Å². The summed E-state index contributed by atoms with van der Waals surface area (Å²) in [5, 5.41) is 0. The van der Waals surface area contributed by atoms with Gasteiger partial charge in [-0.3, -0.25) is 19.3 Å². The topological polar surface area (TPSA) is 62.1 Å². The van der Waals surface area contributed by atoms with Gasteiger partial charge in [0.05, 0.1) is 32.6 Å². The number of nitrogens with zero attached hydrogens (tertiary/aromatic N) is 2. The van der Waals surface area contributed by atoms with Gasteiger partial charge in [-0.15, -0.1) is 0 Å². The molecule has 2 aromatic carbocycles. The smallest absolute Gasteiger partial charge is 0.260 e. The van der Waals surface area contributed by atoms with Crippen LogP contribution in [0.25, 0.3) is 0 Å². The van der Waals surface area contributed by atoms with Crippen molar-refractivity contribution in [1.82, 2.24) is 9.80 Å². The highest BCUT2D eigenvalue weighted by molar-refractivity contribution is 6.09. The van der Waals surface area contributed by atoms with E-state index in [1.165, 1.54) is 15.4 Å². The first-order chi connectivity index (χ1) is 14.1. The Morgan fingerprint density at radius 1 is 0.931 bits per heavy atom. The molecule has 0 aliphatic carbocycles. The third kappa shape index (κ3) is 4.38. The molecule has 0 saturated carbocycles. The van der Waals surface area contributed by atoms with Crippen molar-refractivity contribution in [3.05, 3.63) is 71.3 Å². The number of imide groups is 1. The maximum atomic E-state index is 12.6. The second kappa shape index (κ2) is 8.57. The number of quaternary nitrogens is 1. The molecule has 0 bridgehead atoms. The van der Waals surface area contributed by atoms with Crippen molar-refractivity contribution in [2.24, 2.45) is 0 Å². The van der Waals surface area contributed by atoms with E-state index in [9.17, 15) is 14.4 Å². The van der Waals surface area contributed by atoms with Crippen molar-refractivity contribution in [2.45, 2.75) is 19.4 Å². The highest BCUT2D eigenvalue weighted by atomic mass is 16.2. The molecule has 29 heavy (non-hydrogen) atoms. The Bertz CT molecular complexity index is 905. The monoisotopic (exact) mass is 392 g/mol. The van der Waals surface area contributed by atoms with Crippen LogP contribution >= 0.6 is 0 Å². The molecule has 4 rings (SSSR count). The number of nitrogens with one attached hydrogen (secondary N) is 1. The summed E-state index contributed by atoms with van der Waals surface area (Å²) in [6, 6.07) is 17.6. The van der Waals surface area contributed by atoms with Crippen LogP contribution in [0.3, 0.4) is 0 Å². The fourth-order valence-corrected chi connectivity index (χ4v) is 4.13. The number of fused-ring (bicyclic) bond motifs is 1. The predicted molar refractivity (Wildman–Crippen MR) is 108 cm³/mol. The van der Waals surface area contributed by atoms with Gasteiger partial charge in [0.1, 0.15) is 6.54 Å². The summed E-state index contributed by atoms with van der Waals surface area (Å²) in [5.41, 5.74) is 2.64. The average Bonchev–Trinajstić information content (AvgIpc) is 2.75. The lowest BCUT2D eigenvalue weighted by Gasteiger charge is -2.33. The Hall–Kier alpha value is -2.99. The van der Waals surface area contributed by atoms with Crippen LogP contribution in [-0.2, 0) is 22.6 Å².